The van der Waals surface area contributed by atoms with Crippen LogP contribution in [0, 0.1) is 0 Å². The lowest BCUT2D eigenvalue weighted by atomic mass is 10.2. The van der Waals surface area contributed by atoms with Gasteiger partial charge < -0.3 is 5.11 Å². The van der Waals surface area contributed by atoms with Crippen molar-refractivity contribution in [3.8, 4) is 5.75 Å². The molecular weight excluding hydrogens is 174 g/mol. The molecule has 1 N–H and O–H groups in total. The number of Topliss-reactive ketones (excluding diaryl/α,β-unsaturated/α-hetero) is 1. The molecule has 0 saturated heterocycles. The Morgan fingerprint density at radius 3 is 3.00 bits per heavy atom. The number of hydrogen-bond donors (Lipinski definition) is 2. The van der Waals surface area contributed by atoms with Gasteiger partial charge in [0.2, 0.25) is 0 Å². The van der Waals surface area contributed by atoms with Gasteiger partial charge in [-0.2, -0.15) is 12.6 Å². The minimum Gasteiger partial charge on any atom is -0.506 e. The molecule has 0 spiro atoms. The zero-order valence-corrected chi connectivity index (χ0v) is 7.29. The van der Waals surface area contributed by atoms with E-state index in [9.17, 15) is 9.90 Å². The topological polar surface area (TPSA) is 50.2 Å². The van der Waals surface area contributed by atoms with E-state index in [-0.39, 0.29) is 23.7 Å². The molecule has 0 amide bonds. The molecule has 0 atom stereocenters. The molecule has 64 valence electrons. The standard InChI is InChI=1S/C8H9NO2S/c10-6(5-12)4-7-8(11)2-1-3-9-7/h1-3,11-12H,4-5H2. The number of nitrogens with zero attached hydrogens (tertiary/aromatic N) is 1. The molecule has 1 rings (SSSR count). The molecule has 0 aromatic carbocycles. The first-order valence-corrected chi connectivity index (χ1v) is 4.12. The second kappa shape index (κ2) is 4.11. The smallest absolute Gasteiger partial charge is 0.148 e. The van der Waals surface area contributed by atoms with Crippen LogP contribution in [0.4, 0.5) is 0 Å². The van der Waals surface area contributed by atoms with Crippen LogP contribution >= 0.6 is 12.6 Å². The lowest BCUT2D eigenvalue weighted by molar-refractivity contribution is -0.116. The predicted octanol–water partition coefficient (Wildman–Crippen LogP) is 0.829. The van der Waals surface area contributed by atoms with E-state index >= 15 is 0 Å². The van der Waals surface area contributed by atoms with Crippen molar-refractivity contribution in [2.24, 2.45) is 0 Å². The van der Waals surface area contributed by atoms with Crippen LogP contribution in [-0.2, 0) is 11.2 Å². The predicted molar refractivity (Wildman–Crippen MR) is 48.5 cm³/mol. The molecule has 3 nitrogen and oxygen atoms in total. The number of ketones is 1. The van der Waals surface area contributed by atoms with Crippen molar-refractivity contribution in [1.29, 1.82) is 0 Å². The molecule has 12 heavy (non-hydrogen) atoms. The van der Waals surface area contributed by atoms with Crippen molar-refractivity contribution in [2.45, 2.75) is 6.42 Å². The molecule has 1 aromatic heterocycles. The van der Waals surface area contributed by atoms with Crippen molar-refractivity contribution < 1.29 is 9.90 Å². The van der Waals surface area contributed by atoms with Crippen LogP contribution < -0.4 is 0 Å². The molecule has 0 aliphatic carbocycles. The minimum absolute atomic E-state index is 0.0488. The maximum Gasteiger partial charge on any atom is 0.148 e. The summed E-state index contributed by atoms with van der Waals surface area (Å²) in [6.07, 6.45) is 1.69. The third kappa shape index (κ3) is 2.23. The summed E-state index contributed by atoms with van der Waals surface area (Å²) in [6.45, 7) is 0. The SMILES string of the molecule is O=C(CS)Cc1ncccc1O. The lowest BCUT2D eigenvalue weighted by Crippen LogP contribution is -2.05. The number of aromatic nitrogens is 1. The Hall–Kier alpha value is -1.03. The molecule has 0 radical (unpaired) electrons. The molecule has 0 fully saturated rings. The van der Waals surface area contributed by atoms with Crippen LogP contribution in [-0.4, -0.2) is 21.6 Å². The van der Waals surface area contributed by atoms with Crippen molar-refractivity contribution in [1.82, 2.24) is 4.98 Å². The van der Waals surface area contributed by atoms with E-state index in [1.165, 1.54) is 6.07 Å². The number of aromatic hydroxyl groups is 1. The normalized spacial score (nSPS) is 9.75. The van der Waals surface area contributed by atoms with E-state index < -0.39 is 0 Å². The van der Waals surface area contributed by atoms with Crippen LogP contribution in [0.3, 0.4) is 0 Å². The lowest BCUT2D eigenvalue weighted by Gasteiger charge is -1.99. The number of carbonyl (C=O) groups is 1. The van der Waals surface area contributed by atoms with Gasteiger partial charge in [0.1, 0.15) is 11.5 Å². The Labute approximate surface area is 75.9 Å². The van der Waals surface area contributed by atoms with E-state index in [0.717, 1.165) is 0 Å². The first-order chi connectivity index (χ1) is 5.74. The largest absolute Gasteiger partial charge is 0.506 e. The Bertz CT molecular complexity index is 288. The van der Waals surface area contributed by atoms with Gasteiger partial charge in [-0.25, -0.2) is 0 Å². The Morgan fingerprint density at radius 1 is 1.67 bits per heavy atom. The summed E-state index contributed by atoms with van der Waals surface area (Å²) in [4.78, 5) is 14.8. The minimum atomic E-state index is -0.0488. The summed E-state index contributed by atoms with van der Waals surface area (Å²) in [5.41, 5.74) is 0.413. The van der Waals surface area contributed by atoms with Gasteiger partial charge >= 0.3 is 0 Å². The van der Waals surface area contributed by atoms with Crippen molar-refractivity contribution in [3.63, 3.8) is 0 Å². The van der Waals surface area contributed by atoms with Gasteiger partial charge in [-0.05, 0) is 12.1 Å². The first-order valence-electron chi connectivity index (χ1n) is 3.49. The van der Waals surface area contributed by atoms with Gasteiger partial charge in [-0.3, -0.25) is 9.78 Å². The fourth-order valence-electron chi connectivity index (χ4n) is 0.808. The summed E-state index contributed by atoms with van der Waals surface area (Å²) < 4.78 is 0. The molecule has 0 unspecified atom stereocenters. The van der Waals surface area contributed by atoms with E-state index in [1.807, 2.05) is 0 Å². The average Bonchev–Trinajstić information content (AvgIpc) is 2.09. The molecule has 0 aliphatic heterocycles. The third-order valence-corrected chi connectivity index (χ3v) is 1.76. The maximum atomic E-state index is 10.9. The number of carbonyl (C=O) groups excluding carboxylic acids is 1. The van der Waals surface area contributed by atoms with Crippen molar-refractivity contribution in [2.75, 3.05) is 5.75 Å². The van der Waals surface area contributed by atoms with E-state index in [2.05, 4.69) is 17.6 Å². The second-order valence-corrected chi connectivity index (χ2v) is 2.66. The molecule has 1 heterocycles. The highest BCUT2D eigenvalue weighted by Crippen LogP contribution is 2.13. The van der Waals surface area contributed by atoms with Gasteiger partial charge in [-0.15, -0.1) is 0 Å². The zero-order chi connectivity index (χ0) is 8.97. The zero-order valence-electron chi connectivity index (χ0n) is 6.40. The average molecular weight is 183 g/mol. The number of pyridine rings is 1. The van der Waals surface area contributed by atoms with E-state index in [1.54, 1.807) is 12.3 Å². The number of thiol groups is 1. The summed E-state index contributed by atoms with van der Waals surface area (Å²) in [6, 6.07) is 3.12. The molecule has 4 heteroatoms. The van der Waals surface area contributed by atoms with Crippen LogP contribution in [0.5, 0.6) is 5.75 Å². The molecule has 0 bridgehead atoms. The van der Waals surface area contributed by atoms with Gasteiger partial charge in [0.05, 0.1) is 12.1 Å². The van der Waals surface area contributed by atoms with Gasteiger partial charge in [-0.1, -0.05) is 0 Å². The van der Waals surface area contributed by atoms with Crippen LogP contribution in [0.1, 0.15) is 5.69 Å². The molecule has 1 aromatic rings. The van der Waals surface area contributed by atoms with Gasteiger partial charge in [0.15, 0.2) is 0 Å². The summed E-state index contributed by atoms with van der Waals surface area (Å²) in [7, 11) is 0. The highest BCUT2D eigenvalue weighted by molar-refractivity contribution is 7.81. The van der Waals surface area contributed by atoms with Crippen LogP contribution in [0.25, 0.3) is 0 Å². The fourth-order valence-corrected chi connectivity index (χ4v) is 0.920. The van der Waals surface area contributed by atoms with Gasteiger partial charge in [0, 0.05) is 11.9 Å². The summed E-state index contributed by atoms with van der Waals surface area (Å²) in [5.74, 6) is 0.190. The van der Waals surface area contributed by atoms with E-state index in [0.29, 0.717) is 5.69 Å². The second-order valence-electron chi connectivity index (χ2n) is 2.34. The third-order valence-electron chi connectivity index (χ3n) is 1.41. The van der Waals surface area contributed by atoms with Gasteiger partial charge in [0.25, 0.3) is 0 Å². The van der Waals surface area contributed by atoms with Crippen LogP contribution in [0.15, 0.2) is 18.3 Å². The summed E-state index contributed by atoms with van der Waals surface area (Å²) >= 11 is 3.82. The number of rotatable bonds is 3. The Morgan fingerprint density at radius 2 is 2.42 bits per heavy atom. The molecule has 0 aliphatic rings. The molecular formula is C8H9NO2S. The Balaban J connectivity index is 2.75. The molecule has 0 saturated carbocycles. The maximum absolute atomic E-state index is 10.9. The Kier molecular flexibility index (Phi) is 3.10. The summed E-state index contributed by atoms with van der Waals surface area (Å²) in [5, 5.41) is 9.22. The van der Waals surface area contributed by atoms with Crippen LogP contribution in [0.2, 0.25) is 0 Å². The van der Waals surface area contributed by atoms with Crippen molar-refractivity contribution in [3.05, 3.63) is 24.0 Å². The van der Waals surface area contributed by atoms with E-state index in [4.69, 9.17) is 0 Å². The quantitative estimate of drug-likeness (QED) is 0.682. The number of hydrogen-bond acceptors (Lipinski definition) is 4. The highest BCUT2D eigenvalue weighted by atomic mass is 32.1. The van der Waals surface area contributed by atoms with Crippen molar-refractivity contribution >= 4 is 18.4 Å². The monoisotopic (exact) mass is 183 g/mol. The fraction of sp³-hybridized carbons (Fsp3) is 0.250. The first kappa shape index (κ1) is 9.06. The highest BCUT2D eigenvalue weighted by Gasteiger charge is 2.05.